The number of halogens is 1. The molecule has 0 aliphatic rings. The van der Waals surface area contributed by atoms with Gasteiger partial charge in [-0.25, -0.2) is 0 Å². The summed E-state index contributed by atoms with van der Waals surface area (Å²) in [6, 6.07) is 22.2. The summed E-state index contributed by atoms with van der Waals surface area (Å²) in [6.07, 6.45) is 0. The van der Waals surface area contributed by atoms with Crippen LogP contribution in [-0.2, 0) is 0 Å². The number of anilines is 1. The van der Waals surface area contributed by atoms with Gasteiger partial charge in [-0.1, -0.05) is 48.5 Å². The average molecular weight is 442 g/mol. The van der Waals surface area contributed by atoms with Gasteiger partial charge in [0.25, 0.3) is 11.8 Å². The third kappa shape index (κ3) is 3.88. The average Bonchev–Trinajstić information content (AvgIpc) is 2.63. The van der Waals surface area contributed by atoms with Gasteiger partial charge >= 0.3 is 0 Å². The molecule has 0 radical (unpaired) electrons. The third-order valence-corrected chi connectivity index (χ3v) is 4.42. The summed E-state index contributed by atoms with van der Waals surface area (Å²) in [7, 11) is 0. The lowest BCUT2D eigenvalue weighted by Crippen LogP contribution is -2.19. The predicted molar refractivity (Wildman–Crippen MR) is 108 cm³/mol. The molecule has 25 heavy (non-hydrogen) atoms. The van der Waals surface area contributed by atoms with Crippen LogP contribution in [0.5, 0.6) is 0 Å². The van der Waals surface area contributed by atoms with Crippen LogP contribution in [0.1, 0.15) is 20.7 Å². The van der Waals surface area contributed by atoms with E-state index < -0.39 is 5.91 Å². The molecular weight excluding hydrogens is 427 g/mol. The van der Waals surface area contributed by atoms with Gasteiger partial charge in [-0.3, -0.25) is 9.59 Å². The fraction of sp³-hybridized carbons (Fsp3) is 0. The van der Waals surface area contributed by atoms with Crippen molar-refractivity contribution >= 4 is 40.1 Å². The monoisotopic (exact) mass is 442 g/mol. The second kappa shape index (κ2) is 7.48. The second-order valence-electron chi connectivity index (χ2n) is 5.42. The molecule has 0 fully saturated rings. The summed E-state index contributed by atoms with van der Waals surface area (Å²) in [6.45, 7) is 0. The topological polar surface area (TPSA) is 72.2 Å². The van der Waals surface area contributed by atoms with E-state index in [0.29, 0.717) is 11.3 Å². The van der Waals surface area contributed by atoms with Crippen molar-refractivity contribution in [3.05, 3.63) is 87.5 Å². The van der Waals surface area contributed by atoms with Crippen LogP contribution in [0.4, 0.5) is 5.69 Å². The van der Waals surface area contributed by atoms with E-state index in [-0.39, 0.29) is 11.5 Å². The van der Waals surface area contributed by atoms with Gasteiger partial charge in [-0.05, 0) is 58.0 Å². The minimum Gasteiger partial charge on any atom is -0.366 e. The van der Waals surface area contributed by atoms with Gasteiger partial charge < -0.3 is 11.1 Å². The van der Waals surface area contributed by atoms with Gasteiger partial charge in [0.05, 0.1) is 11.3 Å². The Balaban J connectivity index is 1.97. The molecule has 0 saturated heterocycles. The molecule has 0 aliphatic heterocycles. The first-order valence-electron chi connectivity index (χ1n) is 7.61. The second-order valence-corrected chi connectivity index (χ2v) is 6.67. The molecule has 0 heterocycles. The number of primary amides is 1. The predicted octanol–water partition coefficient (Wildman–Crippen LogP) is 4.31. The molecule has 4 nitrogen and oxygen atoms in total. The first-order chi connectivity index (χ1) is 12.1. The zero-order chi connectivity index (χ0) is 17.8. The Hall–Kier alpha value is -2.67. The zero-order valence-electron chi connectivity index (χ0n) is 13.2. The standard InChI is InChI=1S/C20H15IN2O2/c21-14-10-11-18(17(12-14)19(22)24)23-20(25)16-9-5-4-8-15(16)13-6-2-1-3-7-13/h1-12H,(H2,22,24)(H,23,25). The van der Waals surface area contributed by atoms with E-state index in [9.17, 15) is 9.59 Å². The number of carbonyl (C=O) groups excluding carboxylic acids is 2. The number of hydrogen-bond acceptors (Lipinski definition) is 2. The Morgan fingerprint density at radius 3 is 2.24 bits per heavy atom. The van der Waals surface area contributed by atoms with Gasteiger partial charge in [0, 0.05) is 9.13 Å². The van der Waals surface area contributed by atoms with Crippen molar-refractivity contribution in [3.63, 3.8) is 0 Å². The molecule has 3 N–H and O–H groups in total. The van der Waals surface area contributed by atoms with Gasteiger partial charge in [0.15, 0.2) is 0 Å². The quantitative estimate of drug-likeness (QED) is 0.592. The van der Waals surface area contributed by atoms with Crippen LogP contribution in [0, 0.1) is 3.57 Å². The van der Waals surface area contributed by atoms with Crippen molar-refractivity contribution in [2.24, 2.45) is 5.73 Å². The first-order valence-corrected chi connectivity index (χ1v) is 8.69. The minimum absolute atomic E-state index is 0.289. The largest absolute Gasteiger partial charge is 0.366 e. The van der Waals surface area contributed by atoms with Crippen LogP contribution in [-0.4, -0.2) is 11.8 Å². The van der Waals surface area contributed by atoms with E-state index >= 15 is 0 Å². The highest BCUT2D eigenvalue weighted by Gasteiger charge is 2.16. The molecule has 3 aromatic carbocycles. The number of nitrogens with two attached hydrogens (primary N) is 1. The molecular formula is C20H15IN2O2. The van der Waals surface area contributed by atoms with Gasteiger partial charge in [-0.2, -0.15) is 0 Å². The number of benzene rings is 3. The number of carbonyl (C=O) groups is 2. The maximum atomic E-state index is 12.8. The molecule has 0 saturated carbocycles. The maximum Gasteiger partial charge on any atom is 0.256 e. The van der Waals surface area contributed by atoms with Crippen LogP contribution < -0.4 is 11.1 Å². The fourth-order valence-electron chi connectivity index (χ4n) is 2.57. The van der Waals surface area contributed by atoms with E-state index in [2.05, 4.69) is 27.9 Å². The smallest absolute Gasteiger partial charge is 0.256 e. The van der Waals surface area contributed by atoms with E-state index in [1.165, 1.54) is 0 Å². The molecule has 5 heteroatoms. The van der Waals surface area contributed by atoms with E-state index in [4.69, 9.17) is 5.73 Å². The summed E-state index contributed by atoms with van der Waals surface area (Å²) in [5.74, 6) is -0.867. The van der Waals surface area contributed by atoms with Gasteiger partial charge in [0.2, 0.25) is 0 Å². The van der Waals surface area contributed by atoms with Gasteiger partial charge in [-0.15, -0.1) is 0 Å². The van der Waals surface area contributed by atoms with Gasteiger partial charge in [0.1, 0.15) is 0 Å². The van der Waals surface area contributed by atoms with Crippen molar-refractivity contribution in [2.75, 3.05) is 5.32 Å². The molecule has 0 atom stereocenters. The van der Waals surface area contributed by atoms with Crippen LogP contribution >= 0.6 is 22.6 Å². The molecule has 0 unspecified atom stereocenters. The molecule has 3 aromatic rings. The Morgan fingerprint density at radius 1 is 0.840 bits per heavy atom. The third-order valence-electron chi connectivity index (χ3n) is 3.75. The zero-order valence-corrected chi connectivity index (χ0v) is 15.4. The number of nitrogens with one attached hydrogen (secondary N) is 1. The number of rotatable bonds is 4. The summed E-state index contributed by atoms with van der Waals surface area (Å²) < 4.78 is 0.870. The molecule has 2 amide bonds. The Morgan fingerprint density at radius 2 is 1.52 bits per heavy atom. The van der Waals surface area contributed by atoms with Crippen molar-refractivity contribution in [2.45, 2.75) is 0 Å². The van der Waals surface area contributed by atoms with Crippen LogP contribution in [0.3, 0.4) is 0 Å². The molecule has 0 spiro atoms. The lowest BCUT2D eigenvalue weighted by molar-refractivity contribution is 0.100. The first kappa shape index (κ1) is 17.2. The molecule has 124 valence electrons. The lowest BCUT2D eigenvalue weighted by atomic mass is 9.99. The summed E-state index contributed by atoms with van der Waals surface area (Å²) in [5.41, 5.74) is 8.42. The van der Waals surface area contributed by atoms with Crippen molar-refractivity contribution < 1.29 is 9.59 Å². The highest BCUT2D eigenvalue weighted by molar-refractivity contribution is 14.1. The Labute approximate surface area is 159 Å². The summed E-state index contributed by atoms with van der Waals surface area (Å²) >= 11 is 2.09. The highest BCUT2D eigenvalue weighted by Crippen LogP contribution is 2.25. The Kier molecular flexibility index (Phi) is 5.14. The number of hydrogen-bond donors (Lipinski definition) is 2. The molecule has 3 rings (SSSR count). The molecule has 0 aromatic heterocycles. The van der Waals surface area contributed by atoms with E-state index in [1.807, 2.05) is 54.6 Å². The molecule has 0 aliphatic carbocycles. The number of amides is 2. The summed E-state index contributed by atoms with van der Waals surface area (Å²) in [4.78, 5) is 24.5. The maximum absolute atomic E-state index is 12.8. The lowest BCUT2D eigenvalue weighted by Gasteiger charge is -2.12. The molecule has 0 bridgehead atoms. The Bertz CT molecular complexity index is 939. The minimum atomic E-state index is -0.579. The van der Waals surface area contributed by atoms with Crippen LogP contribution in [0.15, 0.2) is 72.8 Å². The van der Waals surface area contributed by atoms with Crippen molar-refractivity contribution in [1.29, 1.82) is 0 Å². The normalized spacial score (nSPS) is 10.3. The fourth-order valence-corrected chi connectivity index (χ4v) is 3.06. The highest BCUT2D eigenvalue weighted by atomic mass is 127. The SMILES string of the molecule is NC(=O)c1cc(I)ccc1NC(=O)c1ccccc1-c1ccccc1. The van der Waals surface area contributed by atoms with E-state index in [1.54, 1.807) is 18.2 Å². The van der Waals surface area contributed by atoms with Crippen molar-refractivity contribution in [3.8, 4) is 11.1 Å². The van der Waals surface area contributed by atoms with Crippen LogP contribution in [0.25, 0.3) is 11.1 Å². The van der Waals surface area contributed by atoms with Crippen LogP contribution in [0.2, 0.25) is 0 Å². The van der Waals surface area contributed by atoms with Crippen molar-refractivity contribution in [1.82, 2.24) is 0 Å². The van der Waals surface area contributed by atoms with E-state index in [0.717, 1.165) is 14.7 Å². The summed E-state index contributed by atoms with van der Waals surface area (Å²) in [5, 5.41) is 2.80.